The smallest absolute Gasteiger partial charge is 0.220 e. The first-order valence-electron chi connectivity index (χ1n) is 6.48. The van der Waals surface area contributed by atoms with E-state index < -0.39 is 16.1 Å². The SMILES string of the molecule is Cc1cc(CS(=O)(=O)N2CCCC2CC(C)O)no1. The van der Waals surface area contributed by atoms with Crippen LogP contribution in [0.2, 0.25) is 0 Å². The predicted molar refractivity (Wildman–Crippen MR) is 69.9 cm³/mol. The maximum Gasteiger partial charge on any atom is 0.220 e. The average Bonchev–Trinajstić information content (AvgIpc) is 2.86. The summed E-state index contributed by atoms with van der Waals surface area (Å²) in [7, 11) is -3.39. The van der Waals surface area contributed by atoms with E-state index in [0.717, 1.165) is 12.8 Å². The summed E-state index contributed by atoms with van der Waals surface area (Å²) >= 11 is 0. The Morgan fingerprint density at radius 3 is 2.95 bits per heavy atom. The summed E-state index contributed by atoms with van der Waals surface area (Å²) in [4.78, 5) is 0. The molecule has 7 heteroatoms. The van der Waals surface area contributed by atoms with Crippen LogP contribution in [0.25, 0.3) is 0 Å². The molecule has 0 aromatic carbocycles. The topological polar surface area (TPSA) is 83.6 Å². The van der Waals surface area contributed by atoms with E-state index in [1.165, 1.54) is 4.31 Å². The van der Waals surface area contributed by atoms with Crippen molar-refractivity contribution in [2.75, 3.05) is 6.54 Å². The van der Waals surface area contributed by atoms with Crippen molar-refractivity contribution < 1.29 is 18.0 Å². The number of sulfonamides is 1. The lowest BCUT2D eigenvalue weighted by molar-refractivity contribution is 0.158. The Hall–Kier alpha value is -0.920. The fourth-order valence-corrected chi connectivity index (χ4v) is 4.29. The molecule has 0 bridgehead atoms. The maximum atomic E-state index is 12.4. The molecule has 0 saturated carbocycles. The summed E-state index contributed by atoms with van der Waals surface area (Å²) in [5.74, 6) is 0.466. The van der Waals surface area contributed by atoms with Crippen LogP contribution in [0.5, 0.6) is 0 Å². The number of rotatable bonds is 5. The monoisotopic (exact) mass is 288 g/mol. The van der Waals surface area contributed by atoms with Crippen LogP contribution >= 0.6 is 0 Å². The molecule has 19 heavy (non-hydrogen) atoms. The van der Waals surface area contributed by atoms with Crippen molar-refractivity contribution in [2.24, 2.45) is 0 Å². The van der Waals surface area contributed by atoms with Crippen LogP contribution in [0.3, 0.4) is 0 Å². The van der Waals surface area contributed by atoms with E-state index >= 15 is 0 Å². The van der Waals surface area contributed by atoms with Gasteiger partial charge in [0.25, 0.3) is 0 Å². The first-order valence-corrected chi connectivity index (χ1v) is 8.09. The van der Waals surface area contributed by atoms with Gasteiger partial charge >= 0.3 is 0 Å². The molecule has 6 nitrogen and oxygen atoms in total. The van der Waals surface area contributed by atoms with Crippen LogP contribution < -0.4 is 0 Å². The molecule has 1 saturated heterocycles. The van der Waals surface area contributed by atoms with E-state index in [2.05, 4.69) is 5.16 Å². The molecule has 0 radical (unpaired) electrons. The summed E-state index contributed by atoms with van der Waals surface area (Å²) in [5, 5.41) is 13.2. The molecule has 1 N–H and O–H groups in total. The van der Waals surface area contributed by atoms with Gasteiger partial charge in [-0.2, -0.15) is 4.31 Å². The highest BCUT2D eigenvalue weighted by Gasteiger charge is 2.35. The lowest BCUT2D eigenvalue weighted by Crippen LogP contribution is -2.37. The third-order valence-electron chi connectivity index (χ3n) is 3.30. The molecule has 1 aromatic heterocycles. The Labute approximate surface area is 113 Å². The van der Waals surface area contributed by atoms with Crippen molar-refractivity contribution in [1.82, 2.24) is 9.46 Å². The third kappa shape index (κ3) is 3.55. The second-order valence-corrected chi connectivity index (χ2v) is 7.10. The summed E-state index contributed by atoms with van der Waals surface area (Å²) in [6.07, 6.45) is 1.64. The number of aromatic nitrogens is 1. The van der Waals surface area contributed by atoms with Gasteiger partial charge in [-0.1, -0.05) is 5.16 Å². The normalized spacial score (nSPS) is 22.8. The van der Waals surface area contributed by atoms with Gasteiger partial charge in [-0.15, -0.1) is 0 Å². The van der Waals surface area contributed by atoms with Crippen molar-refractivity contribution in [1.29, 1.82) is 0 Å². The molecule has 1 fully saturated rings. The van der Waals surface area contributed by atoms with Gasteiger partial charge in [0.15, 0.2) is 0 Å². The minimum Gasteiger partial charge on any atom is -0.393 e. The van der Waals surface area contributed by atoms with Crippen LogP contribution in [-0.2, 0) is 15.8 Å². The molecule has 0 amide bonds. The zero-order valence-electron chi connectivity index (χ0n) is 11.2. The van der Waals surface area contributed by atoms with Crippen molar-refractivity contribution in [2.45, 2.75) is 51.0 Å². The van der Waals surface area contributed by atoms with Crippen molar-refractivity contribution in [3.8, 4) is 0 Å². The Bertz CT molecular complexity index is 524. The van der Waals surface area contributed by atoms with Gasteiger partial charge in [0.1, 0.15) is 17.2 Å². The molecule has 1 aliphatic rings. The van der Waals surface area contributed by atoms with Crippen LogP contribution in [0.15, 0.2) is 10.6 Å². The molecule has 1 aliphatic heterocycles. The highest BCUT2D eigenvalue weighted by atomic mass is 32.2. The number of hydrogen-bond donors (Lipinski definition) is 1. The summed E-state index contributed by atoms with van der Waals surface area (Å²) in [6.45, 7) is 3.94. The summed E-state index contributed by atoms with van der Waals surface area (Å²) < 4.78 is 31.1. The van der Waals surface area contributed by atoms with Gasteiger partial charge in [-0.25, -0.2) is 8.42 Å². The van der Waals surface area contributed by atoms with E-state index in [1.54, 1.807) is 19.9 Å². The Morgan fingerprint density at radius 2 is 2.37 bits per heavy atom. The zero-order chi connectivity index (χ0) is 14.0. The van der Waals surface area contributed by atoms with Gasteiger partial charge in [0.05, 0.1) is 6.10 Å². The van der Waals surface area contributed by atoms with E-state index in [-0.39, 0.29) is 11.8 Å². The first kappa shape index (κ1) is 14.5. The molecule has 2 unspecified atom stereocenters. The molecule has 2 atom stereocenters. The summed E-state index contributed by atoms with van der Waals surface area (Å²) in [6, 6.07) is 1.54. The average molecular weight is 288 g/mol. The minimum atomic E-state index is -3.39. The van der Waals surface area contributed by atoms with Crippen LogP contribution in [0.4, 0.5) is 0 Å². The van der Waals surface area contributed by atoms with Crippen molar-refractivity contribution >= 4 is 10.0 Å². The Morgan fingerprint density at radius 1 is 1.63 bits per heavy atom. The van der Waals surface area contributed by atoms with E-state index in [0.29, 0.717) is 24.4 Å². The van der Waals surface area contributed by atoms with Gasteiger partial charge in [0.2, 0.25) is 10.0 Å². The highest BCUT2D eigenvalue weighted by molar-refractivity contribution is 7.88. The fourth-order valence-electron chi connectivity index (χ4n) is 2.56. The molecule has 108 valence electrons. The lowest BCUT2D eigenvalue weighted by Gasteiger charge is -2.24. The van der Waals surface area contributed by atoms with Crippen molar-refractivity contribution in [3.05, 3.63) is 17.5 Å². The lowest BCUT2D eigenvalue weighted by atomic mass is 10.1. The van der Waals surface area contributed by atoms with E-state index in [4.69, 9.17) is 4.52 Å². The van der Waals surface area contributed by atoms with Gasteiger partial charge in [-0.3, -0.25) is 0 Å². The largest absolute Gasteiger partial charge is 0.393 e. The van der Waals surface area contributed by atoms with Gasteiger partial charge < -0.3 is 9.63 Å². The number of aliphatic hydroxyl groups excluding tert-OH is 1. The quantitative estimate of drug-likeness (QED) is 0.875. The zero-order valence-corrected chi connectivity index (χ0v) is 12.1. The van der Waals surface area contributed by atoms with Crippen LogP contribution in [-0.4, -0.2) is 41.7 Å². The Balaban J connectivity index is 2.10. The van der Waals surface area contributed by atoms with Crippen LogP contribution in [0, 0.1) is 6.92 Å². The van der Waals surface area contributed by atoms with E-state index in [1.807, 2.05) is 0 Å². The standard InChI is InChI=1S/C12H20N2O4S/c1-9(15)6-12-4-3-5-14(12)19(16,17)8-11-7-10(2)18-13-11/h7,9,12,15H,3-6,8H2,1-2H3. The van der Waals surface area contributed by atoms with E-state index in [9.17, 15) is 13.5 Å². The van der Waals surface area contributed by atoms with Crippen molar-refractivity contribution in [3.63, 3.8) is 0 Å². The molecule has 2 rings (SSSR count). The van der Waals surface area contributed by atoms with Crippen LogP contribution in [0.1, 0.15) is 37.6 Å². The molecular weight excluding hydrogens is 268 g/mol. The second-order valence-electron chi connectivity index (χ2n) is 5.18. The molecular formula is C12H20N2O4S. The number of aliphatic hydroxyl groups is 1. The number of nitrogens with zero attached hydrogens (tertiary/aromatic N) is 2. The van der Waals surface area contributed by atoms with Gasteiger partial charge in [0, 0.05) is 18.7 Å². The third-order valence-corrected chi connectivity index (χ3v) is 5.16. The predicted octanol–water partition coefficient (Wildman–Crippen LogP) is 1.05. The molecule has 1 aromatic rings. The highest BCUT2D eigenvalue weighted by Crippen LogP contribution is 2.26. The maximum absolute atomic E-state index is 12.4. The second kappa shape index (κ2) is 5.60. The number of aryl methyl sites for hydroxylation is 1. The summed E-state index contributed by atoms with van der Waals surface area (Å²) in [5.41, 5.74) is 0.431. The minimum absolute atomic E-state index is 0.0991. The Kier molecular flexibility index (Phi) is 4.27. The first-order chi connectivity index (χ1) is 8.88. The number of hydrogen-bond acceptors (Lipinski definition) is 5. The molecule has 0 aliphatic carbocycles. The molecule has 0 spiro atoms. The van der Waals surface area contributed by atoms with Gasteiger partial charge in [-0.05, 0) is 33.1 Å². The fraction of sp³-hybridized carbons (Fsp3) is 0.750. The molecule has 2 heterocycles.